The molecule has 2 rings (SSSR count). The van der Waals surface area contributed by atoms with E-state index in [1.54, 1.807) is 12.1 Å². The molecule has 0 aliphatic carbocycles. The Hall–Kier alpha value is -1.74. The molecule has 0 aromatic heterocycles. The third-order valence-corrected chi connectivity index (χ3v) is 3.24. The molecule has 0 aliphatic rings. The van der Waals surface area contributed by atoms with Gasteiger partial charge in [-0.3, -0.25) is 0 Å². The summed E-state index contributed by atoms with van der Waals surface area (Å²) in [6.07, 6.45) is 0. The predicted octanol–water partition coefficient (Wildman–Crippen LogP) is 4.59. The normalized spacial score (nSPS) is 10.4. The third-order valence-electron chi connectivity index (χ3n) is 2.95. The molecule has 0 aliphatic heterocycles. The van der Waals surface area contributed by atoms with E-state index in [2.05, 4.69) is 11.4 Å². The number of ether oxygens (including phenoxy) is 1. The number of hydrogen-bond donors (Lipinski definition) is 1. The summed E-state index contributed by atoms with van der Waals surface area (Å²) in [4.78, 5) is 0. The van der Waals surface area contributed by atoms with E-state index in [0.29, 0.717) is 13.2 Å². The largest absolute Gasteiger partial charge is 0.491 e. The van der Waals surface area contributed by atoms with Gasteiger partial charge < -0.3 is 10.1 Å². The van der Waals surface area contributed by atoms with Crippen LogP contribution in [0.15, 0.2) is 36.4 Å². The van der Waals surface area contributed by atoms with Crippen molar-refractivity contribution in [2.45, 2.75) is 13.8 Å². The van der Waals surface area contributed by atoms with E-state index in [-0.39, 0.29) is 5.02 Å². The summed E-state index contributed by atoms with van der Waals surface area (Å²) in [5.41, 5.74) is 3.06. The third kappa shape index (κ3) is 3.87. The Balaban J connectivity index is 1.84. The molecular weight excluding hydrogens is 277 g/mol. The molecule has 0 atom stereocenters. The second-order valence-electron chi connectivity index (χ2n) is 4.67. The van der Waals surface area contributed by atoms with Gasteiger partial charge in [0, 0.05) is 12.2 Å². The van der Waals surface area contributed by atoms with Crippen molar-refractivity contribution in [1.29, 1.82) is 0 Å². The summed E-state index contributed by atoms with van der Waals surface area (Å²) < 4.78 is 18.7. The molecule has 0 amide bonds. The first kappa shape index (κ1) is 14.7. The summed E-state index contributed by atoms with van der Waals surface area (Å²) in [7, 11) is 0. The highest BCUT2D eigenvalue weighted by atomic mass is 35.5. The monoisotopic (exact) mass is 293 g/mol. The lowest BCUT2D eigenvalue weighted by Gasteiger charge is -2.11. The van der Waals surface area contributed by atoms with Crippen molar-refractivity contribution < 1.29 is 9.13 Å². The maximum absolute atomic E-state index is 13.0. The second kappa shape index (κ2) is 6.62. The van der Waals surface area contributed by atoms with E-state index >= 15 is 0 Å². The Morgan fingerprint density at radius 1 is 1.15 bits per heavy atom. The van der Waals surface area contributed by atoms with Crippen molar-refractivity contribution in [3.8, 4) is 5.75 Å². The molecule has 0 heterocycles. The topological polar surface area (TPSA) is 21.3 Å². The molecule has 4 heteroatoms. The first-order chi connectivity index (χ1) is 9.56. The maximum Gasteiger partial charge on any atom is 0.141 e. The predicted molar refractivity (Wildman–Crippen MR) is 81.3 cm³/mol. The zero-order valence-corrected chi connectivity index (χ0v) is 12.3. The standard InChI is InChI=1S/C16H17ClFNO/c1-11-3-4-12(2)16(9-11)20-8-7-19-13-5-6-15(18)14(17)10-13/h3-6,9-10,19H,7-8H2,1-2H3. The lowest BCUT2D eigenvalue weighted by Crippen LogP contribution is -2.12. The smallest absolute Gasteiger partial charge is 0.141 e. The summed E-state index contributed by atoms with van der Waals surface area (Å²) >= 11 is 5.71. The Morgan fingerprint density at radius 3 is 2.70 bits per heavy atom. The van der Waals surface area contributed by atoms with Crippen LogP contribution in [-0.4, -0.2) is 13.2 Å². The highest BCUT2D eigenvalue weighted by Gasteiger charge is 2.02. The molecule has 0 unspecified atom stereocenters. The first-order valence-electron chi connectivity index (χ1n) is 6.45. The Kier molecular flexibility index (Phi) is 4.85. The number of anilines is 1. The zero-order chi connectivity index (χ0) is 14.5. The Bertz CT molecular complexity index is 601. The van der Waals surface area contributed by atoms with E-state index in [9.17, 15) is 4.39 Å². The number of benzene rings is 2. The van der Waals surface area contributed by atoms with Crippen LogP contribution in [0.2, 0.25) is 5.02 Å². The Labute approximate surface area is 123 Å². The van der Waals surface area contributed by atoms with Crippen molar-refractivity contribution in [3.63, 3.8) is 0 Å². The molecule has 2 aromatic rings. The van der Waals surface area contributed by atoms with Crippen LogP contribution in [0.1, 0.15) is 11.1 Å². The summed E-state index contributed by atoms with van der Waals surface area (Å²) in [5, 5.41) is 3.26. The molecule has 0 saturated heterocycles. The van der Waals surface area contributed by atoms with Gasteiger partial charge in [-0.25, -0.2) is 4.39 Å². The van der Waals surface area contributed by atoms with E-state index in [1.807, 2.05) is 26.0 Å². The number of aryl methyl sites for hydroxylation is 2. The van der Waals surface area contributed by atoms with Gasteiger partial charge in [0.2, 0.25) is 0 Å². The van der Waals surface area contributed by atoms with Gasteiger partial charge >= 0.3 is 0 Å². The fraction of sp³-hybridized carbons (Fsp3) is 0.250. The van der Waals surface area contributed by atoms with Crippen molar-refractivity contribution in [2.24, 2.45) is 0 Å². The average Bonchev–Trinajstić information content (AvgIpc) is 2.42. The van der Waals surface area contributed by atoms with E-state index in [0.717, 1.165) is 17.0 Å². The highest BCUT2D eigenvalue weighted by molar-refractivity contribution is 6.31. The lowest BCUT2D eigenvalue weighted by atomic mass is 10.1. The van der Waals surface area contributed by atoms with Gasteiger partial charge in [0.25, 0.3) is 0 Å². The quantitative estimate of drug-likeness (QED) is 0.814. The minimum Gasteiger partial charge on any atom is -0.491 e. The minimum atomic E-state index is -0.413. The van der Waals surface area contributed by atoms with E-state index in [4.69, 9.17) is 16.3 Å². The number of rotatable bonds is 5. The van der Waals surface area contributed by atoms with Gasteiger partial charge in [-0.15, -0.1) is 0 Å². The fourth-order valence-corrected chi connectivity index (χ4v) is 2.01. The van der Waals surface area contributed by atoms with Gasteiger partial charge in [-0.1, -0.05) is 23.7 Å². The van der Waals surface area contributed by atoms with Crippen LogP contribution in [0.4, 0.5) is 10.1 Å². The zero-order valence-electron chi connectivity index (χ0n) is 11.5. The summed E-state index contributed by atoms with van der Waals surface area (Å²) in [6, 6.07) is 10.7. The molecular formula is C16H17ClFNO. The number of halogens is 2. The van der Waals surface area contributed by atoms with Crippen molar-refractivity contribution in [3.05, 3.63) is 58.4 Å². The SMILES string of the molecule is Cc1ccc(C)c(OCCNc2ccc(F)c(Cl)c2)c1. The van der Waals surface area contributed by atoms with Crippen LogP contribution >= 0.6 is 11.6 Å². The van der Waals surface area contributed by atoms with E-state index < -0.39 is 5.82 Å². The van der Waals surface area contributed by atoms with Crippen LogP contribution in [0.25, 0.3) is 0 Å². The second-order valence-corrected chi connectivity index (χ2v) is 5.08. The molecule has 0 radical (unpaired) electrons. The van der Waals surface area contributed by atoms with Crippen molar-refractivity contribution in [1.82, 2.24) is 0 Å². The van der Waals surface area contributed by atoms with E-state index in [1.165, 1.54) is 11.6 Å². The van der Waals surface area contributed by atoms with Crippen LogP contribution in [-0.2, 0) is 0 Å². The molecule has 0 fully saturated rings. The van der Waals surface area contributed by atoms with Gasteiger partial charge in [0.05, 0.1) is 5.02 Å². The molecule has 0 saturated carbocycles. The highest BCUT2D eigenvalue weighted by Crippen LogP contribution is 2.20. The lowest BCUT2D eigenvalue weighted by molar-refractivity contribution is 0.330. The average molecular weight is 294 g/mol. The minimum absolute atomic E-state index is 0.116. The molecule has 1 N–H and O–H groups in total. The first-order valence-corrected chi connectivity index (χ1v) is 6.83. The van der Waals surface area contributed by atoms with Crippen molar-refractivity contribution in [2.75, 3.05) is 18.5 Å². The molecule has 106 valence electrons. The molecule has 2 nitrogen and oxygen atoms in total. The Morgan fingerprint density at radius 2 is 1.95 bits per heavy atom. The van der Waals surface area contributed by atoms with Crippen LogP contribution in [0, 0.1) is 19.7 Å². The summed E-state index contributed by atoms with van der Waals surface area (Å²) in [6.45, 7) is 5.20. The van der Waals surface area contributed by atoms with Gasteiger partial charge in [-0.2, -0.15) is 0 Å². The summed E-state index contributed by atoms with van der Waals surface area (Å²) in [5.74, 6) is 0.479. The number of hydrogen-bond acceptors (Lipinski definition) is 2. The van der Waals surface area contributed by atoms with Gasteiger partial charge in [0.1, 0.15) is 18.2 Å². The van der Waals surface area contributed by atoms with Crippen LogP contribution in [0.5, 0.6) is 5.75 Å². The molecule has 20 heavy (non-hydrogen) atoms. The molecule has 2 aromatic carbocycles. The maximum atomic E-state index is 13.0. The van der Waals surface area contributed by atoms with Crippen LogP contribution < -0.4 is 10.1 Å². The van der Waals surface area contributed by atoms with Crippen molar-refractivity contribution >= 4 is 17.3 Å². The van der Waals surface area contributed by atoms with Gasteiger partial charge in [0.15, 0.2) is 0 Å². The van der Waals surface area contributed by atoms with Gasteiger partial charge in [-0.05, 0) is 49.2 Å². The molecule has 0 spiro atoms. The fourth-order valence-electron chi connectivity index (χ4n) is 1.83. The molecule has 0 bridgehead atoms. The van der Waals surface area contributed by atoms with Crippen LogP contribution in [0.3, 0.4) is 0 Å². The number of nitrogens with one attached hydrogen (secondary N) is 1.